The Bertz CT molecular complexity index is 1660. The molecule has 1 aliphatic heterocycles. The van der Waals surface area contributed by atoms with Crippen LogP contribution in [0.5, 0.6) is 5.88 Å². The number of aromatic nitrogens is 2. The number of fused-ring (bicyclic) bond motifs is 1. The number of nitrogens with one attached hydrogen (secondary N) is 2. The van der Waals surface area contributed by atoms with Crippen molar-refractivity contribution in [1.82, 2.24) is 15.3 Å². The summed E-state index contributed by atoms with van der Waals surface area (Å²) < 4.78 is 61.7. The number of rotatable bonds is 6. The number of nitriles is 1. The van der Waals surface area contributed by atoms with Crippen molar-refractivity contribution in [3.63, 3.8) is 0 Å². The van der Waals surface area contributed by atoms with E-state index in [0.29, 0.717) is 22.2 Å². The second-order valence-corrected chi connectivity index (χ2v) is 10.2. The molecule has 0 bridgehead atoms. The molecule has 3 heterocycles. The third-order valence-corrected chi connectivity index (χ3v) is 7.62. The largest absolute Gasteiger partial charge is 0.480 e. The predicted molar refractivity (Wildman–Crippen MR) is 138 cm³/mol. The summed E-state index contributed by atoms with van der Waals surface area (Å²) in [5, 5.41) is 13.8. The molecule has 2 aromatic carbocycles. The molecular weight excluding hydrogens is 514 g/mol. The van der Waals surface area contributed by atoms with Gasteiger partial charge in [-0.1, -0.05) is 12.1 Å². The smallest absolute Gasteiger partial charge is 0.267 e. The number of benzene rings is 2. The number of ether oxygens (including phenoxy) is 1. The molecule has 0 radical (unpaired) electrons. The van der Waals surface area contributed by atoms with Gasteiger partial charge in [0.25, 0.3) is 10.0 Å². The molecule has 5 rings (SSSR count). The Hall–Kier alpha value is -4.34. The molecule has 194 valence electrons. The molecule has 0 aliphatic carbocycles. The maximum absolute atomic E-state index is 14.2. The molecule has 38 heavy (non-hydrogen) atoms. The van der Waals surface area contributed by atoms with Crippen LogP contribution in [0.15, 0.2) is 59.8 Å². The Morgan fingerprint density at radius 1 is 1.05 bits per heavy atom. The number of hydrogen-bond acceptors (Lipinski definition) is 8. The predicted octanol–water partition coefficient (Wildman–Crippen LogP) is 3.67. The van der Waals surface area contributed by atoms with Crippen LogP contribution in [-0.2, 0) is 10.0 Å². The quantitative estimate of drug-likeness (QED) is 0.383. The van der Waals surface area contributed by atoms with Crippen LogP contribution in [0.25, 0.3) is 22.0 Å². The summed E-state index contributed by atoms with van der Waals surface area (Å²) in [6.45, 7) is 3.01. The van der Waals surface area contributed by atoms with Gasteiger partial charge in [-0.25, -0.2) is 22.2 Å². The summed E-state index contributed by atoms with van der Waals surface area (Å²) in [4.78, 5) is 9.66. The number of pyridine rings is 2. The molecule has 2 N–H and O–H groups in total. The highest BCUT2D eigenvalue weighted by molar-refractivity contribution is 7.92. The highest BCUT2D eigenvalue weighted by Gasteiger charge is 2.26. The zero-order chi connectivity index (χ0) is 26.9. The minimum absolute atomic E-state index is 0.0789. The van der Waals surface area contributed by atoms with Crippen molar-refractivity contribution in [2.45, 2.75) is 4.90 Å². The Kier molecular flexibility index (Phi) is 6.79. The zero-order valence-electron chi connectivity index (χ0n) is 20.2. The van der Waals surface area contributed by atoms with Crippen LogP contribution in [-0.4, -0.2) is 51.7 Å². The van der Waals surface area contributed by atoms with E-state index in [0.717, 1.165) is 55.5 Å². The molecule has 0 atom stereocenters. The van der Waals surface area contributed by atoms with Gasteiger partial charge in [0, 0.05) is 49.5 Å². The van der Waals surface area contributed by atoms with E-state index in [-0.39, 0.29) is 11.6 Å². The van der Waals surface area contributed by atoms with E-state index < -0.39 is 26.6 Å². The maximum Gasteiger partial charge on any atom is 0.267 e. The standard InChI is InChI=1S/C26H22F2N6O3S/c1-37-26-23(33-38(35,36)25-20(27)3-2-4-21(25)28)12-17(14-32-26)16-5-6-22-19(11-16)24(18(13-29)15-31-22)34-9-7-30-8-10-34/h2-6,11-12,14-15,30,33H,7-10H2,1H3. The first-order chi connectivity index (χ1) is 18.3. The molecule has 0 amide bonds. The minimum atomic E-state index is -4.65. The molecule has 2 aromatic heterocycles. The van der Waals surface area contributed by atoms with Crippen molar-refractivity contribution < 1.29 is 21.9 Å². The number of nitrogens with zero attached hydrogens (tertiary/aromatic N) is 4. The first-order valence-electron chi connectivity index (χ1n) is 11.6. The van der Waals surface area contributed by atoms with Crippen LogP contribution in [0.4, 0.5) is 20.2 Å². The van der Waals surface area contributed by atoms with E-state index >= 15 is 0 Å². The number of hydrogen-bond donors (Lipinski definition) is 2. The fourth-order valence-corrected chi connectivity index (χ4v) is 5.64. The summed E-state index contributed by atoms with van der Waals surface area (Å²) >= 11 is 0. The topological polar surface area (TPSA) is 120 Å². The van der Waals surface area contributed by atoms with Crippen LogP contribution in [0.3, 0.4) is 0 Å². The molecule has 12 heteroatoms. The van der Waals surface area contributed by atoms with Crippen LogP contribution < -0.4 is 19.7 Å². The molecule has 0 spiro atoms. The lowest BCUT2D eigenvalue weighted by Crippen LogP contribution is -2.43. The number of methoxy groups -OCH3 is 1. The highest BCUT2D eigenvalue weighted by Crippen LogP contribution is 2.35. The van der Waals surface area contributed by atoms with Gasteiger partial charge >= 0.3 is 0 Å². The number of sulfonamides is 1. The number of piperazine rings is 1. The summed E-state index contributed by atoms with van der Waals surface area (Å²) in [7, 11) is -3.35. The van der Waals surface area contributed by atoms with Crippen molar-refractivity contribution in [3.05, 3.63) is 72.1 Å². The van der Waals surface area contributed by atoms with Gasteiger partial charge in [0.2, 0.25) is 5.88 Å². The van der Waals surface area contributed by atoms with E-state index in [1.165, 1.54) is 19.4 Å². The number of halogens is 2. The van der Waals surface area contributed by atoms with Gasteiger partial charge in [0.1, 0.15) is 23.4 Å². The SMILES string of the molecule is COc1ncc(-c2ccc3ncc(C#N)c(N4CCNCC4)c3c2)cc1NS(=O)(=O)c1c(F)cccc1F. The first kappa shape index (κ1) is 25.3. The lowest BCUT2D eigenvalue weighted by Gasteiger charge is -2.31. The first-order valence-corrected chi connectivity index (χ1v) is 13.1. The van der Waals surface area contributed by atoms with Gasteiger partial charge in [-0.2, -0.15) is 5.26 Å². The van der Waals surface area contributed by atoms with Crippen LogP contribution in [0, 0.1) is 23.0 Å². The molecule has 4 aromatic rings. The van der Waals surface area contributed by atoms with Crippen LogP contribution in [0.2, 0.25) is 0 Å². The van der Waals surface area contributed by atoms with Gasteiger partial charge in [-0.3, -0.25) is 9.71 Å². The molecule has 9 nitrogen and oxygen atoms in total. The summed E-state index contributed by atoms with van der Waals surface area (Å²) in [6, 6.07) is 11.9. The van der Waals surface area contributed by atoms with E-state index in [1.54, 1.807) is 18.3 Å². The second kappa shape index (κ2) is 10.2. The monoisotopic (exact) mass is 536 g/mol. The third-order valence-electron chi connectivity index (χ3n) is 6.20. The average Bonchev–Trinajstić information content (AvgIpc) is 2.92. The number of anilines is 2. The minimum Gasteiger partial charge on any atom is -0.480 e. The van der Waals surface area contributed by atoms with Crippen LogP contribution in [0.1, 0.15) is 5.56 Å². The Morgan fingerprint density at radius 2 is 1.79 bits per heavy atom. The maximum atomic E-state index is 14.2. The summed E-state index contributed by atoms with van der Waals surface area (Å²) in [5.74, 6) is -2.53. The lowest BCUT2D eigenvalue weighted by atomic mass is 10.0. The van der Waals surface area contributed by atoms with Crippen molar-refractivity contribution in [2.24, 2.45) is 0 Å². The average molecular weight is 537 g/mol. The van der Waals surface area contributed by atoms with E-state index in [9.17, 15) is 22.5 Å². The summed E-state index contributed by atoms with van der Waals surface area (Å²) in [5.41, 5.74) is 2.99. The zero-order valence-corrected chi connectivity index (χ0v) is 21.0. The molecule has 0 unspecified atom stereocenters. The van der Waals surface area contributed by atoms with Crippen molar-refractivity contribution in [1.29, 1.82) is 5.26 Å². The fourth-order valence-electron chi connectivity index (χ4n) is 4.45. The van der Waals surface area contributed by atoms with Crippen molar-refractivity contribution in [3.8, 4) is 23.1 Å². The van der Waals surface area contributed by atoms with Crippen molar-refractivity contribution in [2.75, 3.05) is 42.9 Å². The lowest BCUT2D eigenvalue weighted by molar-refractivity contribution is 0.400. The van der Waals surface area contributed by atoms with Gasteiger partial charge in [0.15, 0.2) is 4.90 Å². The van der Waals surface area contributed by atoms with Gasteiger partial charge < -0.3 is 15.0 Å². The Balaban J connectivity index is 1.60. The van der Waals surface area contributed by atoms with E-state index in [1.807, 2.05) is 6.07 Å². The Morgan fingerprint density at radius 3 is 2.47 bits per heavy atom. The highest BCUT2D eigenvalue weighted by atomic mass is 32.2. The normalized spacial score (nSPS) is 13.8. The van der Waals surface area contributed by atoms with Crippen molar-refractivity contribution >= 4 is 32.3 Å². The molecule has 1 saturated heterocycles. The third kappa shape index (κ3) is 4.69. The molecule has 1 aliphatic rings. The molecule has 0 saturated carbocycles. The van der Waals surface area contributed by atoms with Gasteiger partial charge in [-0.05, 0) is 35.9 Å². The summed E-state index contributed by atoms with van der Waals surface area (Å²) in [6.07, 6.45) is 3.05. The van der Waals surface area contributed by atoms with E-state index in [2.05, 4.69) is 31.0 Å². The van der Waals surface area contributed by atoms with Crippen LogP contribution >= 0.6 is 0 Å². The van der Waals surface area contributed by atoms with Gasteiger partial charge in [-0.15, -0.1) is 0 Å². The fraction of sp³-hybridized carbons (Fsp3) is 0.192. The second-order valence-electron chi connectivity index (χ2n) is 8.54. The molecular formula is C26H22F2N6O3S. The van der Waals surface area contributed by atoms with E-state index in [4.69, 9.17) is 4.74 Å². The molecule has 1 fully saturated rings. The Labute approximate surface area is 217 Å². The van der Waals surface area contributed by atoms with Gasteiger partial charge in [0.05, 0.1) is 23.9 Å².